The number of hydrogen-bond acceptors (Lipinski definition) is 4. The Kier molecular flexibility index (Phi) is 3.38. The van der Waals surface area contributed by atoms with Crippen molar-refractivity contribution in [3.05, 3.63) is 46.1 Å². The summed E-state index contributed by atoms with van der Waals surface area (Å²) in [6, 6.07) is 8.40. The standard InChI is InChI=1S/C11H6ClN3OS/c12-9-3-4-10(17-9)15-11(16)8-2-1-7(5-13)6-14-8/h1-4,6H,(H,15,16). The van der Waals surface area contributed by atoms with Crippen LogP contribution in [0.1, 0.15) is 16.1 Å². The van der Waals surface area contributed by atoms with Gasteiger partial charge < -0.3 is 5.32 Å². The molecular formula is C11H6ClN3OS. The lowest BCUT2D eigenvalue weighted by atomic mass is 10.2. The van der Waals surface area contributed by atoms with Crippen molar-refractivity contribution in [2.45, 2.75) is 0 Å². The Bertz CT molecular complexity index is 586. The molecule has 0 bridgehead atoms. The minimum absolute atomic E-state index is 0.258. The van der Waals surface area contributed by atoms with Crippen LogP contribution in [0.3, 0.4) is 0 Å². The van der Waals surface area contributed by atoms with Crippen LogP contribution in [-0.4, -0.2) is 10.9 Å². The molecule has 0 aliphatic heterocycles. The summed E-state index contributed by atoms with van der Waals surface area (Å²) in [5, 5.41) is 11.9. The highest BCUT2D eigenvalue weighted by Crippen LogP contribution is 2.26. The molecule has 0 atom stereocenters. The van der Waals surface area contributed by atoms with Gasteiger partial charge in [0.2, 0.25) is 0 Å². The molecule has 0 unspecified atom stereocenters. The first-order chi connectivity index (χ1) is 8.19. The maximum Gasteiger partial charge on any atom is 0.274 e. The molecule has 1 N–H and O–H groups in total. The molecule has 1 amide bonds. The largest absolute Gasteiger partial charge is 0.312 e. The third-order valence-electron chi connectivity index (χ3n) is 1.94. The summed E-state index contributed by atoms with van der Waals surface area (Å²) in [7, 11) is 0. The Morgan fingerprint density at radius 1 is 1.41 bits per heavy atom. The highest BCUT2D eigenvalue weighted by Gasteiger charge is 2.08. The number of rotatable bonds is 2. The first-order valence-corrected chi connectivity index (χ1v) is 5.81. The van der Waals surface area contributed by atoms with E-state index in [-0.39, 0.29) is 11.6 Å². The zero-order valence-electron chi connectivity index (χ0n) is 8.48. The molecule has 0 aliphatic carbocycles. The molecule has 0 aromatic carbocycles. The van der Waals surface area contributed by atoms with Gasteiger partial charge in [0.05, 0.1) is 14.9 Å². The third kappa shape index (κ3) is 2.81. The van der Waals surface area contributed by atoms with E-state index in [1.54, 1.807) is 18.2 Å². The second-order valence-electron chi connectivity index (χ2n) is 3.10. The van der Waals surface area contributed by atoms with Gasteiger partial charge in [0.1, 0.15) is 11.8 Å². The van der Waals surface area contributed by atoms with E-state index >= 15 is 0 Å². The Morgan fingerprint density at radius 2 is 2.24 bits per heavy atom. The second-order valence-corrected chi connectivity index (χ2v) is 4.82. The maximum absolute atomic E-state index is 11.7. The van der Waals surface area contributed by atoms with Gasteiger partial charge in [-0.2, -0.15) is 5.26 Å². The van der Waals surface area contributed by atoms with Crippen LogP contribution in [0.25, 0.3) is 0 Å². The summed E-state index contributed by atoms with van der Waals surface area (Å²) >= 11 is 7.02. The molecule has 84 valence electrons. The van der Waals surface area contributed by atoms with E-state index in [0.717, 1.165) is 0 Å². The summed E-state index contributed by atoms with van der Waals surface area (Å²) in [6.07, 6.45) is 1.36. The molecule has 6 heteroatoms. The number of nitrogens with zero attached hydrogens (tertiary/aromatic N) is 2. The van der Waals surface area contributed by atoms with Crippen LogP contribution in [-0.2, 0) is 0 Å². The van der Waals surface area contributed by atoms with E-state index in [1.165, 1.54) is 23.6 Å². The molecule has 17 heavy (non-hydrogen) atoms. The lowest BCUT2D eigenvalue weighted by molar-refractivity contribution is 0.102. The number of carbonyl (C=O) groups is 1. The fourth-order valence-electron chi connectivity index (χ4n) is 1.15. The first kappa shape index (κ1) is 11.6. The zero-order valence-corrected chi connectivity index (χ0v) is 10.0. The molecule has 0 spiro atoms. The third-order valence-corrected chi connectivity index (χ3v) is 3.08. The monoisotopic (exact) mass is 263 g/mol. The average molecular weight is 264 g/mol. The van der Waals surface area contributed by atoms with Crippen molar-refractivity contribution in [1.82, 2.24) is 4.98 Å². The Morgan fingerprint density at radius 3 is 2.76 bits per heavy atom. The van der Waals surface area contributed by atoms with Gasteiger partial charge in [0, 0.05) is 6.20 Å². The quantitative estimate of drug-likeness (QED) is 0.906. The Hall–Kier alpha value is -1.90. The lowest BCUT2D eigenvalue weighted by Crippen LogP contribution is -2.12. The second kappa shape index (κ2) is 4.95. The molecule has 0 radical (unpaired) electrons. The van der Waals surface area contributed by atoms with Crippen LogP contribution >= 0.6 is 22.9 Å². The normalized spacial score (nSPS) is 9.65. The molecule has 2 heterocycles. The van der Waals surface area contributed by atoms with E-state index in [1.807, 2.05) is 6.07 Å². The Balaban J connectivity index is 2.12. The van der Waals surface area contributed by atoms with Crippen molar-refractivity contribution in [2.75, 3.05) is 5.32 Å². The first-order valence-electron chi connectivity index (χ1n) is 4.62. The molecule has 0 aliphatic rings. The number of halogens is 1. The van der Waals surface area contributed by atoms with Crippen LogP contribution in [0, 0.1) is 11.3 Å². The number of anilines is 1. The molecule has 2 rings (SSSR count). The predicted molar refractivity (Wildman–Crippen MR) is 66.2 cm³/mol. The van der Waals surface area contributed by atoms with Crippen LogP contribution < -0.4 is 5.32 Å². The predicted octanol–water partition coefficient (Wildman–Crippen LogP) is 2.92. The number of nitriles is 1. The van der Waals surface area contributed by atoms with Gasteiger partial charge in [-0.25, -0.2) is 4.98 Å². The van der Waals surface area contributed by atoms with Crippen molar-refractivity contribution in [2.24, 2.45) is 0 Å². The van der Waals surface area contributed by atoms with Crippen LogP contribution in [0.2, 0.25) is 4.34 Å². The van der Waals surface area contributed by atoms with Crippen molar-refractivity contribution >= 4 is 33.8 Å². The number of thiophene rings is 1. The summed E-state index contributed by atoms with van der Waals surface area (Å²) in [6.45, 7) is 0. The number of hydrogen-bond donors (Lipinski definition) is 1. The van der Waals surface area contributed by atoms with E-state index in [4.69, 9.17) is 16.9 Å². The van der Waals surface area contributed by atoms with Crippen LogP contribution in [0.5, 0.6) is 0 Å². The number of nitrogens with one attached hydrogen (secondary N) is 1. The van der Waals surface area contributed by atoms with Crippen molar-refractivity contribution in [3.8, 4) is 6.07 Å². The summed E-state index contributed by atoms with van der Waals surface area (Å²) < 4.78 is 0.605. The van der Waals surface area contributed by atoms with Gasteiger partial charge in [0.25, 0.3) is 5.91 Å². The molecule has 2 aromatic heterocycles. The van der Waals surface area contributed by atoms with Crippen molar-refractivity contribution in [3.63, 3.8) is 0 Å². The van der Waals surface area contributed by atoms with E-state index in [0.29, 0.717) is 14.9 Å². The zero-order chi connectivity index (χ0) is 12.3. The van der Waals surface area contributed by atoms with Crippen molar-refractivity contribution in [1.29, 1.82) is 5.26 Å². The molecule has 0 fully saturated rings. The topological polar surface area (TPSA) is 65.8 Å². The highest BCUT2D eigenvalue weighted by atomic mass is 35.5. The van der Waals surface area contributed by atoms with Gasteiger partial charge in [-0.15, -0.1) is 11.3 Å². The number of carbonyl (C=O) groups excluding carboxylic acids is 1. The van der Waals surface area contributed by atoms with E-state index in [9.17, 15) is 4.79 Å². The highest BCUT2D eigenvalue weighted by molar-refractivity contribution is 7.20. The fraction of sp³-hybridized carbons (Fsp3) is 0. The Labute approximate surface area is 106 Å². The number of amides is 1. The maximum atomic E-state index is 11.7. The fourth-order valence-corrected chi connectivity index (χ4v) is 2.09. The number of pyridine rings is 1. The van der Waals surface area contributed by atoms with Gasteiger partial charge in [-0.1, -0.05) is 11.6 Å². The summed E-state index contributed by atoms with van der Waals surface area (Å²) in [5.41, 5.74) is 0.675. The summed E-state index contributed by atoms with van der Waals surface area (Å²) in [4.78, 5) is 15.6. The molecule has 0 saturated carbocycles. The molecule has 4 nitrogen and oxygen atoms in total. The van der Waals surface area contributed by atoms with Crippen molar-refractivity contribution < 1.29 is 4.79 Å². The summed E-state index contributed by atoms with van der Waals surface area (Å²) in [5.74, 6) is -0.326. The minimum Gasteiger partial charge on any atom is -0.312 e. The average Bonchev–Trinajstić information content (AvgIpc) is 2.75. The van der Waals surface area contributed by atoms with Gasteiger partial charge in [0.15, 0.2) is 0 Å². The lowest BCUT2D eigenvalue weighted by Gasteiger charge is -2.00. The van der Waals surface area contributed by atoms with Crippen LogP contribution in [0.15, 0.2) is 30.5 Å². The molecule has 2 aromatic rings. The van der Waals surface area contributed by atoms with Gasteiger partial charge >= 0.3 is 0 Å². The van der Waals surface area contributed by atoms with Gasteiger partial charge in [-0.3, -0.25) is 4.79 Å². The van der Waals surface area contributed by atoms with Crippen LogP contribution in [0.4, 0.5) is 5.00 Å². The minimum atomic E-state index is -0.326. The van der Waals surface area contributed by atoms with E-state index in [2.05, 4.69) is 10.3 Å². The number of aromatic nitrogens is 1. The SMILES string of the molecule is N#Cc1ccc(C(=O)Nc2ccc(Cl)s2)nc1. The van der Waals surface area contributed by atoms with E-state index < -0.39 is 0 Å². The molecular weight excluding hydrogens is 258 g/mol. The molecule has 0 saturated heterocycles. The van der Waals surface area contributed by atoms with Gasteiger partial charge in [-0.05, 0) is 24.3 Å². The smallest absolute Gasteiger partial charge is 0.274 e.